The number of hydrogen-bond donors (Lipinski definition) is 12. The number of halogens is 12. The standard InChI is InChI=1S/C52H102N4O8.4C2HF3O2/c1-7-9-29-41(49(61)45(53)37(3)57)33-27-35-43(51(63)47(55)39(5)59)31-25-23-21-19-17-15-13-11-12-14-16-18-20-22-24-26-32-44(52(64)48(56)40(6)60)36-28-34-42(30-10-8-2)50(62)46(54)38(4)58;4*3-2(4,5)1(6)7/h37-48,57-60H,7-36,53-56H2,1-6H3;4*(H,6,7)/t37-,38-,39-,40-,41?,42?,43?,44?,45+,46+,47+,48+;;;;/m1..../s1. The Bertz CT molecular complexity index is 1830. The summed E-state index contributed by atoms with van der Waals surface area (Å²) in [4.78, 5) is 87.9. The smallest absolute Gasteiger partial charge is 0.475 e. The summed E-state index contributed by atoms with van der Waals surface area (Å²) in [7, 11) is 0. The first-order valence-electron chi connectivity index (χ1n) is 31.3. The average molecular weight is 1370 g/mol. The molecule has 0 aliphatic rings. The third-order valence-corrected chi connectivity index (χ3v) is 14.9. The van der Waals surface area contributed by atoms with Gasteiger partial charge >= 0.3 is 48.6 Å². The van der Waals surface area contributed by atoms with Crippen LogP contribution in [0.4, 0.5) is 52.7 Å². The van der Waals surface area contributed by atoms with E-state index in [-0.39, 0.29) is 46.8 Å². The zero-order valence-corrected chi connectivity index (χ0v) is 53.8. The molecule has 0 heterocycles. The van der Waals surface area contributed by atoms with Crippen molar-refractivity contribution < 1.29 is 132 Å². The van der Waals surface area contributed by atoms with E-state index in [0.717, 1.165) is 89.9 Å². The summed E-state index contributed by atoms with van der Waals surface area (Å²) in [6.07, 6.45) is 5.53. The van der Waals surface area contributed by atoms with Gasteiger partial charge in [0.2, 0.25) is 0 Å². The number of alkyl halides is 12. The Balaban J connectivity index is -0.000000734. The van der Waals surface area contributed by atoms with E-state index in [9.17, 15) is 92.3 Å². The highest BCUT2D eigenvalue weighted by Gasteiger charge is 2.40. The minimum absolute atomic E-state index is 0.0889. The maximum atomic E-state index is 13.2. The fourth-order valence-electron chi connectivity index (χ4n) is 9.13. The molecule has 16 N–H and O–H groups in total. The molecule has 4 unspecified atom stereocenters. The van der Waals surface area contributed by atoms with Crippen LogP contribution >= 0.6 is 0 Å². The fourth-order valence-corrected chi connectivity index (χ4v) is 9.13. The van der Waals surface area contributed by atoms with Crippen LogP contribution in [-0.4, -0.2) is 161 Å². The Hall–Kier alpha value is -4.60. The molecule has 92 heavy (non-hydrogen) atoms. The van der Waals surface area contributed by atoms with Gasteiger partial charge in [-0.1, -0.05) is 155 Å². The van der Waals surface area contributed by atoms with E-state index in [0.29, 0.717) is 38.5 Å². The Morgan fingerprint density at radius 2 is 0.391 bits per heavy atom. The number of unbranched alkanes of at least 4 members (excludes halogenated alkanes) is 17. The molecule has 20 nitrogen and oxygen atoms in total. The first-order valence-corrected chi connectivity index (χ1v) is 31.3. The quantitative estimate of drug-likeness (QED) is 0.0199. The molecule has 0 radical (unpaired) electrons. The SMILES string of the molecule is CCCCC(CCCC(CCCCCCCCCCCCCCCCCCC(CCCC(CCCC)C(=O)[C@@H](N)[C@@H](C)O)C(=O)[C@@H](N)[C@@H](C)O)C(=O)[C@@H](N)[C@@H](C)O)C(=O)[C@@H](N)[C@@H](C)O.O=C(O)C(F)(F)F.O=C(O)C(F)(F)F.O=C(O)C(F)(F)F.O=C(O)C(F)(F)F. The second-order valence-electron chi connectivity index (χ2n) is 23.1. The van der Waals surface area contributed by atoms with Crippen molar-refractivity contribution in [3.05, 3.63) is 0 Å². The van der Waals surface area contributed by atoms with Crippen LogP contribution in [0.15, 0.2) is 0 Å². The zero-order chi connectivity index (χ0) is 72.8. The van der Waals surface area contributed by atoms with E-state index in [2.05, 4.69) is 13.8 Å². The van der Waals surface area contributed by atoms with Gasteiger partial charge in [-0.3, -0.25) is 19.2 Å². The summed E-state index contributed by atoms with van der Waals surface area (Å²) >= 11 is 0. The number of carbonyl (C=O) groups excluding carboxylic acids is 4. The van der Waals surface area contributed by atoms with E-state index < -0.39 is 97.2 Å². The molecular formula is C60H106F12N4O16. The lowest BCUT2D eigenvalue weighted by atomic mass is 9.83. The van der Waals surface area contributed by atoms with E-state index in [1.54, 1.807) is 27.7 Å². The van der Waals surface area contributed by atoms with E-state index in [1.807, 2.05) is 0 Å². The van der Waals surface area contributed by atoms with Crippen molar-refractivity contribution >= 4 is 47.0 Å². The van der Waals surface area contributed by atoms with Crippen molar-refractivity contribution in [1.29, 1.82) is 0 Å². The maximum absolute atomic E-state index is 13.2. The molecule has 0 spiro atoms. The monoisotopic (exact) mass is 1370 g/mol. The number of nitrogens with two attached hydrogens (primary N) is 4. The zero-order valence-electron chi connectivity index (χ0n) is 53.8. The molecule has 0 fully saturated rings. The molecule has 0 amide bonds. The van der Waals surface area contributed by atoms with Gasteiger partial charge in [0, 0.05) is 23.7 Å². The molecule has 0 aromatic heterocycles. The molecule has 0 saturated carbocycles. The topological polar surface area (TPSA) is 402 Å². The summed E-state index contributed by atoms with van der Waals surface area (Å²) < 4.78 is 127. The van der Waals surface area contributed by atoms with Crippen LogP contribution in [0.25, 0.3) is 0 Å². The lowest BCUT2D eigenvalue weighted by Crippen LogP contribution is -2.44. The third kappa shape index (κ3) is 51.8. The van der Waals surface area contributed by atoms with Crippen molar-refractivity contribution in [2.75, 3.05) is 0 Å². The van der Waals surface area contributed by atoms with E-state index >= 15 is 0 Å². The van der Waals surface area contributed by atoms with Crippen LogP contribution < -0.4 is 22.9 Å². The molecule has 32 heteroatoms. The molecule has 0 aliphatic carbocycles. The molecule has 0 rings (SSSR count). The van der Waals surface area contributed by atoms with Gasteiger partial charge in [-0.15, -0.1) is 0 Å². The highest BCUT2D eigenvalue weighted by molar-refractivity contribution is 5.88. The number of Topliss-reactive ketones (excluding diaryl/α,β-unsaturated/α-hetero) is 4. The number of aliphatic hydroxyl groups excluding tert-OH is 4. The van der Waals surface area contributed by atoms with E-state index in [1.165, 1.54) is 64.2 Å². The average Bonchev–Trinajstić information content (AvgIpc) is 1.34. The Morgan fingerprint density at radius 1 is 0.272 bits per heavy atom. The molecule has 0 aliphatic heterocycles. The van der Waals surface area contributed by atoms with Gasteiger partial charge < -0.3 is 63.8 Å². The van der Waals surface area contributed by atoms with Gasteiger partial charge in [-0.05, 0) is 79.1 Å². The highest BCUT2D eigenvalue weighted by atomic mass is 19.4. The third-order valence-electron chi connectivity index (χ3n) is 14.9. The number of ketones is 4. The first-order chi connectivity index (χ1) is 42.2. The van der Waals surface area contributed by atoms with Gasteiger partial charge in [0.1, 0.15) is 0 Å². The number of carboxylic acid groups (broad SMARTS) is 4. The normalized spacial score (nSPS) is 15.7. The second-order valence-corrected chi connectivity index (χ2v) is 23.1. The molecule has 0 saturated heterocycles. The molecular weight excluding hydrogens is 1260 g/mol. The summed E-state index contributed by atoms with van der Waals surface area (Å²) in [5.74, 6) is -12.3. The lowest BCUT2D eigenvalue weighted by molar-refractivity contribution is -0.193. The summed E-state index contributed by atoms with van der Waals surface area (Å²) in [6, 6.07) is -3.58. The number of hydrogen-bond acceptors (Lipinski definition) is 16. The predicted molar refractivity (Wildman–Crippen MR) is 317 cm³/mol. The second kappa shape index (κ2) is 52.6. The fraction of sp³-hybridized carbons (Fsp3) is 0.867. The number of carbonyl (C=O) groups is 8. The number of carboxylic acids is 4. The van der Waals surface area contributed by atoms with Crippen LogP contribution in [0.3, 0.4) is 0 Å². The van der Waals surface area contributed by atoms with Crippen molar-refractivity contribution in [2.24, 2.45) is 46.6 Å². The Kier molecular flexibility index (Phi) is 55.0. The maximum Gasteiger partial charge on any atom is 0.490 e. The van der Waals surface area contributed by atoms with Gasteiger partial charge in [0.25, 0.3) is 0 Å². The lowest BCUT2D eigenvalue weighted by Gasteiger charge is -2.24. The van der Waals surface area contributed by atoms with Gasteiger partial charge in [0.15, 0.2) is 23.1 Å². The van der Waals surface area contributed by atoms with Crippen molar-refractivity contribution in [1.82, 2.24) is 0 Å². The summed E-state index contributed by atoms with van der Waals surface area (Å²) in [6.45, 7) is 10.4. The van der Waals surface area contributed by atoms with Crippen LogP contribution in [-0.2, 0) is 38.4 Å². The van der Waals surface area contributed by atoms with Crippen LogP contribution in [0.5, 0.6) is 0 Å². The highest BCUT2D eigenvalue weighted by Crippen LogP contribution is 2.28. The molecule has 546 valence electrons. The molecule has 0 aromatic carbocycles. The molecule has 12 atom stereocenters. The summed E-state index contributed by atoms with van der Waals surface area (Å²) in [5, 5.41) is 68.3. The Labute approximate surface area is 531 Å². The first kappa shape index (κ1) is 96.1. The van der Waals surface area contributed by atoms with E-state index in [4.69, 9.17) is 62.5 Å². The largest absolute Gasteiger partial charge is 0.490 e. The van der Waals surface area contributed by atoms with Crippen LogP contribution in [0.1, 0.15) is 234 Å². The minimum atomic E-state index is -5.08. The van der Waals surface area contributed by atoms with Gasteiger partial charge in [-0.2, -0.15) is 52.7 Å². The van der Waals surface area contributed by atoms with Crippen molar-refractivity contribution in [2.45, 2.75) is 307 Å². The van der Waals surface area contributed by atoms with Crippen LogP contribution in [0.2, 0.25) is 0 Å². The predicted octanol–water partition coefficient (Wildman–Crippen LogP) is 10.8. The van der Waals surface area contributed by atoms with Crippen molar-refractivity contribution in [3.63, 3.8) is 0 Å². The van der Waals surface area contributed by atoms with Gasteiger partial charge in [-0.25, -0.2) is 19.2 Å². The van der Waals surface area contributed by atoms with Crippen molar-refractivity contribution in [3.8, 4) is 0 Å². The number of rotatable bonds is 45. The molecule has 0 bridgehead atoms. The number of aliphatic hydroxyl groups is 4. The van der Waals surface area contributed by atoms with Gasteiger partial charge in [0.05, 0.1) is 48.6 Å². The van der Waals surface area contributed by atoms with Crippen LogP contribution in [0, 0.1) is 23.7 Å². The minimum Gasteiger partial charge on any atom is -0.475 e. The Morgan fingerprint density at radius 3 is 0.511 bits per heavy atom. The number of aliphatic carboxylic acids is 4. The molecule has 0 aromatic rings. The summed E-state index contributed by atoms with van der Waals surface area (Å²) in [5.41, 5.74) is 24.2.